The van der Waals surface area contributed by atoms with Crippen LogP contribution in [0.2, 0.25) is 0 Å². The number of methoxy groups -OCH3 is 1. The first-order valence-corrected chi connectivity index (χ1v) is 10.2. The third-order valence-electron chi connectivity index (χ3n) is 6.13. The fourth-order valence-corrected chi connectivity index (χ4v) is 4.54. The number of benzene rings is 2. The highest BCUT2D eigenvalue weighted by Gasteiger charge is 2.29. The molecule has 0 aromatic heterocycles. The predicted molar refractivity (Wildman–Crippen MR) is 116 cm³/mol. The first-order chi connectivity index (χ1) is 13.6. The van der Waals surface area contributed by atoms with E-state index >= 15 is 0 Å². The number of rotatable bonds is 5. The molecule has 0 bridgehead atoms. The summed E-state index contributed by atoms with van der Waals surface area (Å²) in [6, 6.07) is 13.1. The molecule has 1 N–H and O–H groups in total. The lowest BCUT2D eigenvalue weighted by Gasteiger charge is -2.42. The lowest BCUT2D eigenvalue weighted by molar-refractivity contribution is 0.0967. The number of halogens is 1. The molecule has 1 unspecified atom stereocenters. The van der Waals surface area contributed by atoms with Gasteiger partial charge in [-0.05, 0) is 55.0 Å². The van der Waals surface area contributed by atoms with Gasteiger partial charge in [-0.1, -0.05) is 25.6 Å². The molecule has 2 aromatic carbocycles. The molecule has 0 aliphatic carbocycles. The molecule has 1 fully saturated rings. The average Bonchev–Trinajstić information content (AvgIpc) is 2.74. The summed E-state index contributed by atoms with van der Waals surface area (Å²) in [7, 11) is 1.72. The van der Waals surface area contributed by atoms with E-state index in [1.807, 2.05) is 0 Å². The highest BCUT2D eigenvalue weighted by Crippen LogP contribution is 2.34. The zero-order chi connectivity index (χ0) is 19.5. The first kappa shape index (κ1) is 21.6. The number of hydrogen-bond donors (Lipinski definition) is 1. The molecule has 1 saturated heterocycles. The maximum Gasteiger partial charge on any atom is 0.123 e. The molecule has 1 atom stereocenters. The minimum absolute atomic E-state index is 0. The van der Waals surface area contributed by atoms with Crippen molar-refractivity contribution in [2.24, 2.45) is 0 Å². The lowest BCUT2D eigenvalue weighted by Crippen LogP contribution is -2.47. The summed E-state index contributed by atoms with van der Waals surface area (Å²) in [5.74, 6) is 0.653. The van der Waals surface area contributed by atoms with Crippen molar-refractivity contribution in [3.63, 3.8) is 0 Å². The Labute approximate surface area is 173 Å². The van der Waals surface area contributed by atoms with Gasteiger partial charge < -0.3 is 19.6 Å². The number of aryl methyl sites for hydroxylation is 1. The molecule has 4 rings (SSSR count). The van der Waals surface area contributed by atoms with Crippen LogP contribution in [-0.2, 0) is 6.42 Å². The molecule has 0 spiro atoms. The molecule has 2 aliphatic heterocycles. The summed E-state index contributed by atoms with van der Waals surface area (Å²) < 4.78 is 18.5. The van der Waals surface area contributed by atoms with Crippen LogP contribution in [0.25, 0.3) is 0 Å². The molecule has 2 aliphatic rings. The van der Waals surface area contributed by atoms with Crippen LogP contribution in [0, 0.1) is 5.82 Å². The molecule has 0 amide bonds. The van der Waals surface area contributed by atoms with Crippen molar-refractivity contribution in [1.29, 1.82) is 0 Å². The molecule has 158 valence electrons. The number of fused-ring (bicyclic) bond motifs is 1. The normalized spacial score (nSPS) is 18.7. The third kappa shape index (κ3) is 4.90. The Morgan fingerprint density at radius 1 is 1.10 bits per heavy atom. The Morgan fingerprint density at radius 3 is 2.52 bits per heavy atom. The Hall–Kier alpha value is -2.11. The van der Waals surface area contributed by atoms with Gasteiger partial charge in [0.15, 0.2) is 0 Å². The summed E-state index contributed by atoms with van der Waals surface area (Å²) in [6.45, 7) is 3.64. The van der Waals surface area contributed by atoms with Crippen LogP contribution in [0.5, 0.6) is 5.75 Å². The van der Waals surface area contributed by atoms with Gasteiger partial charge in [-0.3, -0.25) is 0 Å². The highest BCUT2D eigenvalue weighted by atomic mass is 19.1. The Kier molecular flexibility index (Phi) is 7.14. The SMILES string of the molecule is C.COc1ccc2c(c1)N(C1CCN(CC(O)c3ccc(F)cc3)CC1)CCC2. The number of β-amino-alcohol motifs (C(OH)–C–C–N with tert-alkyl or cyclic N) is 1. The van der Waals surface area contributed by atoms with E-state index in [4.69, 9.17) is 4.74 Å². The molecule has 2 heterocycles. The van der Waals surface area contributed by atoms with Crippen LogP contribution >= 0.6 is 0 Å². The fourth-order valence-electron chi connectivity index (χ4n) is 4.54. The van der Waals surface area contributed by atoms with E-state index in [2.05, 4.69) is 28.0 Å². The van der Waals surface area contributed by atoms with Crippen molar-refractivity contribution in [3.05, 3.63) is 59.4 Å². The van der Waals surface area contributed by atoms with Gasteiger partial charge in [0.05, 0.1) is 13.2 Å². The van der Waals surface area contributed by atoms with Gasteiger partial charge in [0, 0.05) is 44.0 Å². The van der Waals surface area contributed by atoms with E-state index in [-0.39, 0.29) is 13.2 Å². The lowest BCUT2D eigenvalue weighted by atomic mass is 9.95. The molecule has 0 saturated carbocycles. The Balaban J connectivity index is 0.00000240. The Morgan fingerprint density at radius 2 is 1.83 bits per heavy atom. The summed E-state index contributed by atoms with van der Waals surface area (Å²) in [5.41, 5.74) is 3.53. The van der Waals surface area contributed by atoms with E-state index in [1.165, 1.54) is 29.8 Å². The smallest absolute Gasteiger partial charge is 0.123 e. The van der Waals surface area contributed by atoms with Crippen LogP contribution in [0.1, 0.15) is 43.9 Å². The molecule has 29 heavy (non-hydrogen) atoms. The second-order valence-corrected chi connectivity index (χ2v) is 7.89. The Bertz CT molecular complexity index is 788. The number of likely N-dealkylation sites (tertiary alicyclic amines) is 1. The number of anilines is 1. The number of nitrogens with zero attached hydrogens (tertiary/aromatic N) is 2. The van der Waals surface area contributed by atoms with Crippen molar-refractivity contribution >= 4 is 5.69 Å². The van der Waals surface area contributed by atoms with Crippen LogP contribution in [0.4, 0.5) is 10.1 Å². The van der Waals surface area contributed by atoms with Gasteiger partial charge in [-0.2, -0.15) is 0 Å². The molecule has 0 radical (unpaired) electrons. The van der Waals surface area contributed by atoms with Crippen LogP contribution in [0.15, 0.2) is 42.5 Å². The molecule has 4 nitrogen and oxygen atoms in total. The van der Waals surface area contributed by atoms with Gasteiger partial charge in [-0.15, -0.1) is 0 Å². The van der Waals surface area contributed by atoms with E-state index in [0.29, 0.717) is 12.6 Å². The maximum absolute atomic E-state index is 13.1. The van der Waals surface area contributed by atoms with Crippen LogP contribution in [-0.4, -0.2) is 49.3 Å². The van der Waals surface area contributed by atoms with Crippen molar-refractivity contribution in [3.8, 4) is 5.75 Å². The van der Waals surface area contributed by atoms with Crippen molar-refractivity contribution < 1.29 is 14.2 Å². The minimum Gasteiger partial charge on any atom is -0.497 e. The zero-order valence-corrected chi connectivity index (χ0v) is 16.5. The molecule has 2 aromatic rings. The summed E-state index contributed by atoms with van der Waals surface area (Å²) in [6.07, 6.45) is 3.94. The number of piperidine rings is 1. The van der Waals surface area contributed by atoms with Gasteiger partial charge in [0.1, 0.15) is 11.6 Å². The van der Waals surface area contributed by atoms with E-state index in [0.717, 1.165) is 50.2 Å². The van der Waals surface area contributed by atoms with E-state index < -0.39 is 6.10 Å². The number of aliphatic hydroxyl groups excluding tert-OH is 1. The molecular formula is C24H33FN2O2. The highest BCUT2D eigenvalue weighted by molar-refractivity contribution is 5.59. The van der Waals surface area contributed by atoms with Gasteiger partial charge in [-0.25, -0.2) is 4.39 Å². The number of hydrogen-bond acceptors (Lipinski definition) is 4. The van der Waals surface area contributed by atoms with Crippen LogP contribution < -0.4 is 9.64 Å². The minimum atomic E-state index is -0.572. The maximum atomic E-state index is 13.1. The first-order valence-electron chi connectivity index (χ1n) is 10.2. The average molecular weight is 401 g/mol. The molecule has 5 heteroatoms. The zero-order valence-electron chi connectivity index (χ0n) is 16.5. The predicted octanol–water partition coefficient (Wildman–Crippen LogP) is 4.42. The van der Waals surface area contributed by atoms with Crippen LogP contribution in [0.3, 0.4) is 0 Å². The quantitative estimate of drug-likeness (QED) is 0.806. The van der Waals surface area contributed by atoms with Crippen molar-refractivity contribution in [2.75, 3.05) is 38.2 Å². The summed E-state index contributed by atoms with van der Waals surface area (Å²) in [4.78, 5) is 4.88. The monoisotopic (exact) mass is 400 g/mol. The van der Waals surface area contributed by atoms with E-state index in [1.54, 1.807) is 19.2 Å². The van der Waals surface area contributed by atoms with Crippen molar-refractivity contribution in [1.82, 2.24) is 4.90 Å². The van der Waals surface area contributed by atoms with Gasteiger partial charge >= 0.3 is 0 Å². The topological polar surface area (TPSA) is 35.9 Å². The second kappa shape index (κ2) is 9.59. The van der Waals surface area contributed by atoms with Gasteiger partial charge in [0.25, 0.3) is 0 Å². The number of aliphatic hydroxyl groups is 1. The van der Waals surface area contributed by atoms with E-state index in [9.17, 15) is 9.50 Å². The third-order valence-corrected chi connectivity index (χ3v) is 6.13. The summed E-state index contributed by atoms with van der Waals surface area (Å²) >= 11 is 0. The second-order valence-electron chi connectivity index (χ2n) is 7.89. The van der Waals surface area contributed by atoms with Crippen molar-refractivity contribution in [2.45, 2.75) is 45.3 Å². The largest absolute Gasteiger partial charge is 0.497 e. The number of ether oxygens (including phenoxy) is 1. The summed E-state index contributed by atoms with van der Waals surface area (Å²) in [5, 5.41) is 10.5. The van der Waals surface area contributed by atoms with Gasteiger partial charge in [0.2, 0.25) is 0 Å². The molecular weight excluding hydrogens is 367 g/mol. The standard InChI is InChI=1S/C23H29FN2O2.CH4/c1-28-21-9-6-17-3-2-12-26(22(17)15-21)20-10-13-25(14-11-20)16-23(27)18-4-7-19(24)8-5-18;/h4-9,15,20,23,27H,2-3,10-14,16H2,1H3;1H4. The fraction of sp³-hybridized carbons (Fsp3) is 0.500.